The summed E-state index contributed by atoms with van der Waals surface area (Å²) in [5, 5.41) is 3.30. The van der Waals surface area contributed by atoms with Gasteiger partial charge in [0.25, 0.3) is 0 Å². The molecule has 0 atom stereocenters. The van der Waals surface area contributed by atoms with Crippen LogP contribution in [0.25, 0.3) is 0 Å². The van der Waals surface area contributed by atoms with E-state index in [1.54, 1.807) is 6.08 Å². The fourth-order valence-corrected chi connectivity index (χ4v) is 0.411. The molecule has 3 heteroatoms. The van der Waals surface area contributed by atoms with Gasteiger partial charge in [0.1, 0.15) is 6.61 Å². The van der Waals surface area contributed by atoms with Gasteiger partial charge in [0.2, 0.25) is 5.90 Å². The van der Waals surface area contributed by atoms with Gasteiger partial charge >= 0.3 is 0 Å². The molecule has 7 heavy (non-hydrogen) atoms. The van der Waals surface area contributed by atoms with E-state index in [1.807, 2.05) is 6.08 Å². The van der Waals surface area contributed by atoms with Crippen LogP contribution in [0.4, 0.5) is 0 Å². The smallest absolute Gasteiger partial charge is 0.230 e. The van der Waals surface area contributed by atoms with E-state index < -0.39 is 0 Å². The summed E-state index contributed by atoms with van der Waals surface area (Å²) < 4.78 is 4.82. The largest absolute Gasteiger partial charge is 0.472 e. The first-order chi connectivity index (χ1) is 3.43. The molecule has 0 saturated carbocycles. The van der Waals surface area contributed by atoms with Crippen molar-refractivity contribution in [2.45, 2.75) is 0 Å². The highest BCUT2D eigenvalue weighted by atomic mass is 16.5. The predicted octanol–water partition coefficient (Wildman–Crippen LogP) is -0.155. The van der Waals surface area contributed by atoms with Crippen molar-refractivity contribution < 1.29 is 4.74 Å². The van der Waals surface area contributed by atoms with Crippen molar-refractivity contribution in [2.75, 3.05) is 6.61 Å². The molecule has 1 aliphatic rings. The number of ether oxygens (including phenoxy) is 1. The molecule has 0 amide bonds. The van der Waals surface area contributed by atoms with Gasteiger partial charge in [-0.1, -0.05) is 0 Å². The quantitative estimate of drug-likeness (QED) is 0.338. The molecule has 1 rings (SSSR count). The third kappa shape index (κ3) is 0.707. The average Bonchev–Trinajstić information content (AvgIpc) is 2.14. The first-order valence-electron chi connectivity index (χ1n) is 2.00. The summed E-state index contributed by atoms with van der Waals surface area (Å²) >= 11 is 0. The van der Waals surface area contributed by atoms with Crippen molar-refractivity contribution in [3.8, 4) is 0 Å². The van der Waals surface area contributed by atoms with Crippen LogP contribution in [0.15, 0.2) is 17.3 Å². The van der Waals surface area contributed by atoms with Gasteiger partial charge in [-0.3, -0.25) is 0 Å². The molecule has 0 fully saturated rings. The van der Waals surface area contributed by atoms with Gasteiger partial charge < -0.3 is 10.6 Å². The molecular weight excluding hydrogens is 92.1 g/mol. The molecule has 0 aromatic heterocycles. The van der Waals surface area contributed by atoms with Crippen molar-refractivity contribution in [1.29, 1.82) is 0 Å². The maximum atomic E-state index is 4.85. The molecular formula is C4H6N2O. The molecule has 0 spiro atoms. The summed E-state index contributed by atoms with van der Waals surface area (Å²) in [5.74, 6) is 5.36. The standard InChI is InChI=1S/C4H6N2O/c5-6-4-2-1-3-7-4/h1-2H,3,5H2. The summed E-state index contributed by atoms with van der Waals surface area (Å²) in [4.78, 5) is 0. The van der Waals surface area contributed by atoms with Crippen LogP contribution in [0.1, 0.15) is 0 Å². The zero-order valence-electron chi connectivity index (χ0n) is 3.79. The normalized spacial score (nSPS) is 23.1. The van der Waals surface area contributed by atoms with Gasteiger partial charge in [0.15, 0.2) is 0 Å². The second-order valence-corrected chi connectivity index (χ2v) is 1.18. The molecule has 0 unspecified atom stereocenters. The second kappa shape index (κ2) is 1.64. The van der Waals surface area contributed by atoms with E-state index in [0.29, 0.717) is 12.5 Å². The van der Waals surface area contributed by atoms with Crippen molar-refractivity contribution in [2.24, 2.45) is 10.9 Å². The number of nitrogens with zero attached hydrogens (tertiary/aromatic N) is 1. The Bertz CT molecular complexity index is 114. The SMILES string of the molecule is NN=C1C=CCO1. The summed E-state index contributed by atoms with van der Waals surface area (Å²) in [5.41, 5.74) is 0. The van der Waals surface area contributed by atoms with E-state index >= 15 is 0 Å². The summed E-state index contributed by atoms with van der Waals surface area (Å²) in [6.07, 6.45) is 3.59. The Labute approximate surface area is 41.5 Å². The third-order valence-corrected chi connectivity index (χ3v) is 0.715. The van der Waals surface area contributed by atoms with Crippen molar-refractivity contribution in [3.63, 3.8) is 0 Å². The third-order valence-electron chi connectivity index (χ3n) is 0.715. The minimum Gasteiger partial charge on any atom is -0.472 e. The topological polar surface area (TPSA) is 47.6 Å². The maximum absolute atomic E-state index is 4.85. The number of hydrazone groups is 1. The van der Waals surface area contributed by atoms with Crippen LogP contribution in [0.2, 0.25) is 0 Å². The molecule has 1 aliphatic heterocycles. The van der Waals surface area contributed by atoms with Crippen molar-refractivity contribution in [3.05, 3.63) is 12.2 Å². The van der Waals surface area contributed by atoms with Gasteiger partial charge in [-0.15, -0.1) is 5.10 Å². The van der Waals surface area contributed by atoms with Crippen LogP contribution < -0.4 is 5.84 Å². The summed E-state index contributed by atoms with van der Waals surface area (Å²) in [7, 11) is 0. The van der Waals surface area contributed by atoms with Crippen LogP contribution in [0.5, 0.6) is 0 Å². The van der Waals surface area contributed by atoms with Crippen LogP contribution in [0, 0.1) is 0 Å². The maximum Gasteiger partial charge on any atom is 0.230 e. The summed E-state index contributed by atoms with van der Waals surface area (Å²) in [6, 6.07) is 0. The number of nitrogens with two attached hydrogens (primary N) is 1. The lowest BCUT2D eigenvalue weighted by atomic mass is 10.6. The van der Waals surface area contributed by atoms with Gasteiger partial charge in [0.05, 0.1) is 0 Å². The Morgan fingerprint density at radius 1 is 1.86 bits per heavy atom. The predicted molar refractivity (Wildman–Crippen MR) is 26.7 cm³/mol. The van der Waals surface area contributed by atoms with E-state index in [0.717, 1.165) is 0 Å². The first-order valence-corrected chi connectivity index (χ1v) is 2.00. The molecule has 0 aromatic rings. The minimum atomic E-state index is 0.514. The van der Waals surface area contributed by atoms with E-state index in [9.17, 15) is 0 Å². The van der Waals surface area contributed by atoms with Gasteiger partial charge in [0, 0.05) is 6.08 Å². The fraction of sp³-hybridized carbons (Fsp3) is 0.250. The Hall–Kier alpha value is -0.990. The Kier molecular flexibility index (Phi) is 0.978. The van der Waals surface area contributed by atoms with Gasteiger partial charge in [-0.25, -0.2) is 0 Å². The molecule has 0 saturated heterocycles. The highest BCUT2D eigenvalue weighted by Crippen LogP contribution is 1.92. The molecule has 0 aromatic carbocycles. The van der Waals surface area contributed by atoms with E-state index in [2.05, 4.69) is 5.10 Å². The zero-order chi connectivity index (χ0) is 5.11. The van der Waals surface area contributed by atoms with Gasteiger partial charge in [-0.2, -0.15) is 0 Å². The van der Waals surface area contributed by atoms with Crippen LogP contribution in [-0.2, 0) is 4.74 Å². The molecule has 38 valence electrons. The van der Waals surface area contributed by atoms with E-state index in [4.69, 9.17) is 10.6 Å². The van der Waals surface area contributed by atoms with E-state index in [1.165, 1.54) is 0 Å². The fourth-order valence-electron chi connectivity index (χ4n) is 0.411. The monoisotopic (exact) mass is 98.0 g/mol. The van der Waals surface area contributed by atoms with Crippen molar-refractivity contribution in [1.82, 2.24) is 0 Å². The Balaban J connectivity index is 2.59. The van der Waals surface area contributed by atoms with Crippen molar-refractivity contribution >= 4 is 5.90 Å². The molecule has 0 aliphatic carbocycles. The molecule has 0 bridgehead atoms. The molecule has 2 N–H and O–H groups in total. The highest BCUT2D eigenvalue weighted by molar-refractivity contribution is 5.89. The number of hydrogen-bond donors (Lipinski definition) is 1. The van der Waals surface area contributed by atoms with Crippen LogP contribution in [-0.4, -0.2) is 12.5 Å². The zero-order valence-corrected chi connectivity index (χ0v) is 3.79. The molecule has 0 radical (unpaired) electrons. The second-order valence-electron chi connectivity index (χ2n) is 1.18. The van der Waals surface area contributed by atoms with Crippen LogP contribution >= 0.6 is 0 Å². The Morgan fingerprint density at radius 3 is 3.00 bits per heavy atom. The molecule has 3 nitrogen and oxygen atoms in total. The number of hydrogen-bond acceptors (Lipinski definition) is 3. The lowest BCUT2D eigenvalue weighted by Crippen LogP contribution is -1.97. The number of rotatable bonds is 0. The first kappa shape index (κ1) is 4.18. The van der Waals surface area contributed by atoms with Crippen LogP contribution in [0.3, 0.4) is 0 Å². The lowest BCUT2D eigenvalue weighted by molar-refractivity contribution is 0.365. The highest BCUT2D eigenvalue weighted by Gasteiger charge is 1.96. The van der Waals surface area contributed by atoms with E-state index in [-0.39, 0.29) is 0 Å². The summed E-state index contributed by atoms with van der Waals surface area (Å²) in [6.45, 7) is 0.607. The Morgan fingerprint density at radius 2 is 2.71 bits per heavy atom. The lowest BCUT2D eigenvalue weighted by Gasteiger charge is -1.89. The minimum absolute atomic E-state index is 0.514. The van der Waals surface area contributed by atoms with Gasteiger partial charge in [-0.05, 0) is 6.08 Å². The molecule has 1 heterocycles. The average molecular weight is 98.1 g/mol.